The number of aromatic nitrogens is 4. The smallest absolute Gasteiger partial charge is 0.204 e. The molecule has 3 rings (SSSR count). The van der Waals surface area contributed by atoms with Gasteiger partial charge in [0.2, 0.25) is 0 Å². The number of halogens is 5. The molecule has 0 aliphatic rings. The maximum Gasteiger partial charge on any atom is 0.453 e. The molecule has 0 amide bonds. The number of fused-ring (bicyclic) bond motifs is 1. The highest BCUT2D eigenvalue weighted by Crippen LogP contribution is 2.30. The molecule has 3 aromatic rings. The Balaban J connectivity index is 1.99. The second kappa shape index (κ2) is 5.20. The molecule has 114 valence electrons. The second-order valence-electron chi connectivity index (χ2n) is 4.14. The molecule has 0 unspecified atom stereocenters. The van der Waals surface area contributed by atoms with Crippen molar-refractivity contribution in [1.29, 1.82) is 0 Å². The molecule has 0 N–H and O–H groups in total. The fourth-order valence-electron chi connectivity index (χ4n) is 1.66. The zero-order chi connectivity index (χ0) is 15.9. The molecule has 10 heteroatoms. The van der Waals surface area contributed by atoms with Crippen LogP contribution in [0, 0.1) is 11.6 Å². The highest BCUT2D eigenvalue weighted by Gasteiger charge is 2.37. The van der Waals surface area contributed by atoms with E-state index in [1.54, 1.807) is 0 Å². The van der Waals surface area contributed by atoms with Crippen LogP contribution in [-0.4, -0.2) is 19.8 Å². The summed E-state index contributed by atoms with van der Waals surface area (Å²) in [5.41, 5.74) is -0.0676. The summed E-state index contributed by atoms with van der Waals surface area (Å²) in [7, 11) is 0. The van der Waals surface area contributed by atoms with Gasteiger partial charge in [-0.3, -0.25) is 0 Å². The van der Waals surface area contributed by atoms with Crippen LogP contribution < -0.4 is 0 Å². The Morgan fingerprint density at radius 1 is 0.955 bits per heavy atom. The van der Waals surface area contributed by atoms with Crippen LogP contribution in [0.1, 0.15) is 5.82 Å². The van der Waals surface area contributed by atoms with E-state index in [2.05, 4.69) is 15.3 Å². The maximum absolute atomic E-state index is 13.1. The molecule has 0 spiro atoms. The van der Waals surface area contributed by atoms with Gasteiger partial charge in [-0.25, -0.2) is 8.78 Å². The van der Waals surface area contributed by atoms with E-state index in [0.29, 0.717) is 9.41 Å². The molecular weight excluding hydrogens is 327 g/mol. The monoisotopic (exact) mass is 332 g/mol. The number of hydrogen-bond acceptors (Lipinski definition) is 4. The van der Waals surface area contributed by atoms with E-state index in [-0.39, 0.29) is 10.7 Å². The molecule has 0 fully saturated rings. The van der Waals surface area contributed by atoms with E-state index < -0.39 is 23.6 Å². The Bertz CT molecular complexity index is 845. The molecular formula is C12H5F5N4S. The Hall–Kier alpha value is -2.23. The van der Waals surface area contributed by atoms with Crippen molar-refractivity contribution in [1.82, 2.24) is 19.8 Å². The number of alkyl halides is 3. The molecule has 0 atom stereocenters. The Labute approximate surface area is 124 Å². The summed E-state index contributed by atoms with van der Waals surface area (Å²) >= 11 is 0.887. The molecule has 0 bridgehead atoms. The van der Waals surface area contributed by atoms with Crippen molar-refractivity contribution in [2.75, 3.05) is 0 Å². The average Bonchev–Trinajstić information content (AvgIpc) is 2.86. The first-order chi connectivity index (χ1) is 10.3. The van der Waals surface area contributed by atoms with Gasteiger partial charge in [0.25, 0.3) is 5.82 Å². The lowest BCUT2D eigenvalue weighted by Crippen LogP contribution is -2.12. The standard InChI is InChI=1S/C12H5F5N4S/c13-7-2-1-6(5-8(7)14)22-10-4-3-9-18-19-11(12(15,16)17)21(9)20-10/h1-5H. The number of hydrogen-bond donors (Lipinski definition) is 0. The topological polar surface area (TPSA) is 43.1 Å². The molecule has 2 aromatic heterocycles. The average molecular weight is 332 g/mol. The molecule has 0 saturated carbocycles. The van der Waals surface area contributed by atoms with E-state index in [0.717, 1.165) is 23.9 Å². The minimum atomic E-state index is -4.70. The van der Waals surface area contributed by atoms with Crippen molar-refractivity contribution < 1.29 is 22.0 Å². The zero-order valence-corrected chi connectivity index (χ0v) is 11.3. The van der Waals surface area contributed by atoms with Gasteiger partial charge in [0.05, 0.1) is 0 Å². The van der Waals surface area contributed by atoms with Crippen molar-refractivity contribution in [3.63, 3.8) is 0 Å². The number of nitrogens with zero attached hydrogens (tertiary/aromatic N) is 4. The lowest BCUT2D eigenvalue weighted by atomic mass is 10.3. The van der Waals surface area contributed by atoms with Crippen LogP contribution in [0.5, 0.6) is 0 Å². The van der Waals surface area contributed by atoms with Crippen molar-refractivity contribution in [3.8, 4) is 0 Å². The van der Waals surface area contributed by atoms with Gasteiger partial charge in [-0.05, 0) is 30.3 Å². The normalized spacial score (nSPS) is 12.0. The van der Waals surface area contributed by atoms with Crippen molar-refractivity contribution in [2.24, 2.45) is 0 Å². The van der Waals surface area contributed by atoms with Crippen molar-refractivity contribution >= 4 is 17.4 Å². The van der Waals surface area contributed by atoms with Crippen LogP contribution in [0.15, 0.2) is 40.3 Å². The number of rotatable bonds is 2. The van der Waals surface area contributed by atoms with Gasteiger partial charge in [-0.2, -0.15) is 22.8 Å². The maximum atomic E-state index is 13.1. The Morgan fingerprint density at radius 3 is 2.41 bits per heavy atom. The van der Waals surface area contributed by atoms with Gasteiger partial charge in [-0.15, -0.1) is 10.2 Å². The van der Waals surface area contributed by atoms with Crippen molar-refractivity contribution in [2.45, 2.75) is 16.1 Å². The summed E-state index contributed by atoms with van der Waals surface area (Å²) in [6, 6.07) is 5.87. The fourth-order valence-corrected chi connectivity index (χ4v) is 2.46. The van der Waals surface area contributed by atoms with Gasteiger partial charge in [0.1, 0.15) is 5.03 Å². The summed E-state index contributed by atoms with van der Waals surface area (Å²) in [6.07, 6.45) is -4.70. The van der Waals surface area contributed by atoms with Crippen LogP contribution in [0.4, 0.5) is 22.0 Å². The Morgan fingerprint density at radius 2 is 1.73 bits per heavy atom. The molecule has 0 radical (unpaired) electrons. The molecule has 22 heavy (non-hydrogen) atoms. The van der Waals surface area contributed by atoms with Crippen LogP contribution in [0.3, 0.4) is 0 Å². The lowest BCUT2D eigenvalue weighted by molar-refractivity contribution is -0.146. The van der Waals surface area contributed by atoms with Crippen LogP contribution in [0.25, 0.3) is 5.65 Å². The van der Waals surface area contributed by atoms with E-state index in [1.165, 1.54) is 18.2 Å². The molecule has 2 heterocycles. The van der Waals surface area contributed by atoms with E-state index in [1.807, 2.05) is 0 Å². The van der Waals surface area contributed by atoms with Crippen LogP contribution in [-0.2, 0) is 6.18 Å². The summed E-state index contributed by atoms with van der Waals surface area (Å²) < 4.78 is 64.8. The second-order valence-corrected chi connectivity index (χ2v) is 5.23. The van der Waals surface area contributed by atoms with E-state index in [9.17, 15) is 22.0 Å². The van der Waals surface area contributed by atoms with Gasteiger partial charge in [-0.1, -0.05) is 11.8 Å². The largest absolute Gasteiger partial charge is 0.453 e. The first-order valence-corrected chi connectivity index (χ1v) is 6.59. The van der Waals surface area contributed by atoms with Crippen molar-refractivity contribution in [3.05, 3.63) is 47.8 Å². The summed E-state index contributed by atoms with van der Waals surface area (Å²) in [5.74, 6) is -3.31. The van der Waals surface area contributed by atoms with Crippen LogP contribution >= 0.6 is 11.8 Å². The Kier molecular flexibility index (Phi) is 3.47. The third kappa shape index (κ3) is 2.73. The van der Waals surface area contributed by atoms with E-state index >= 15 is 0 Å². The minimum Gasteiger partial charge on any atom is -0.204 e. The molecule has 0 saturated heterocycles. The SMILES string of the molecule is Fc1ccc(Sc2ccc3nnc(C(F)(F)F)n3n2)cc1F. The highest BCUT2D eigenvalue weighted by atomic mass is 32.2. The predicted octanol–water partition coefficient (Wildman–Crippen LogP) is 3.57. The zero-order valence-electron chi connectivity index (χ0n) is 10.5. The predicted molar refractivity (Wildman–Crippen MR) is 66.3 cm³/mol. The molecule has 0 aliphatic carbocycles. The summed E-state index contributed by atoms with van der Waals surface area (Å²) in [6.45, 7) is 0. The van der Waals surface area contributed by atoms with Gasteiger partial charge in [0.15, 0.2) is 17.3 Å². The molecule has 1 aromatic carbocycles. The molecule has 0 aliphatic heterocycles. The van der Waals surface area contributed by atoms with Crippen LogP contribution in [0.2, 0.25) is 0 Å². The third-order valence-corrected chi connectivity index (χ3v) is 3.52. The minimum absolute atomic E-state index is 0.0676. The summed E-state index contributed by atoms with van der Waals surface area (Å²) in [4.78, 5) is 0.299. The number of benzene rings is 1. The fraction of sp³-hybridized carbons (Fsp3) is 0.0833. The molecule has 4 nitrogen and oxygen atoms in total. The summed E-state index contributed by atoms with van der Waals surface area (Å²) in [5, 5.41) is 10.3. The third-order valence-electron chi connectivity index (χ3n) is 2.61. The lowest BCUT2D eigenvalue weighted by Gasteiger charge is -2.05. The van der Waals surface area contributed by atoms with E-state index in [4.69, 9.17) is 0 Å². The highest BCUT2D eigenvalue weighted by molar-refractivity contribution is 7.99. The first-order valence-electron chi connectivity index (χ1n) is 5.77. The van der Waals surface area contributed by atoms with Gasteiger partial charge >= 0.3 is 6.18 Å². The van der Waals surface area contributed by atoms with Gasteiger partial charge < -0.3 is 0 Å². The quantitative estimate of drug-likeness (QED) is 0.673. The first kappa shape index (κ1) is 14.7. The van der Waals surface area contributed by atoms with Gasteiger partial charge in [0, 0.05) is 4.90 Å².